The van der Waals surface area contributed by atoms with E-state index in [2.05, 4.69) is 15.3 Å². The molecule has 0 unspecified atom stereocenters. The van der Waals surface area contributed by atoms with Crippen LogP contribution >= 0.6 is 0 Å². The summed E-state index contributed by atoms with van der Waals surface area (Å²) in [6.07, 6.45) is 1.05. The van der Waals surface area contributed by atoms with Crippen LogP contribution < -0.4 is 15.4 Å². The second-order valence-corrected chi connectivity index (χ2v) is 8.09. The number of para-hydroxylation sites is 1. The van der Waals surface area contributed by atoms with Gasteiger partial charge in [-0.25, -0.2) is 22.9 Å². The molecule has 3 N–H and O–H groups in total. The van der Waals surface area contributed by atoms with Gasteiger partial charge in [0, 0.05) is 13.1 Å². The molecule has 2 heterocycles. The number of primary sulfonamides is 1. The molecule has 2 aromatic rings. The number of nitrogens with zero attached hydrogens (tertiary/aromatic N) is 3. The molecule has 10 heteroatoms. The lowest BCUT2D eigenvalue weighted by Gasteiger charge is -2.38. The van der Waals surface area contributed by atoms with Crippen molar-refractivity contribution in [3.05, 3.63) is 36.3 Å². The highest BCUT2D eigenvalue weighted by Gasteiger charge is 2.29. The second kappa shape index (κ2) is 6.78. The smallest absolute Gasteiger partial charge is 0.240 e. The predicted octanol–water partition coefficient (Wildman–Crippen LogP) is 1.62. The minimum Gasteiger partial charge on any atom is -0.372 e. The highest BCUT2D eigenvalue weighted by molar-refractivity contribution is 7.89. The van der Waals surface area contributed by atoms with E-state index in [1.165, 1.54) is 12.1 Å². The van der Waals surface area contributed by atoms with E-state index in [1.54, 1.807) is 17.0 Å². The zero-order chi connectivity index (χ0) is 18.9. The van der Waals surface area contributed by atoms with Crippen molar-refractivity contribution in [3.63, 3.8) is 0 Å². The molecule has 1 aliphatic rings. The largest absolute Gasteiger partial charge is 0.372 e. The van der Waals surface area contributed by atoms with Crippen molar-refractivity contribution in [1.82, 2.24) is 9.97 Å². The van der Waals surface area contributed by atoms with Gasteiger partial charge < -0.3 is 15.0 Å². The molecule has 0 atom stereocenters. The van der Waals surface area contributed by atoms with Gasteiger partial charge in [0.25, 0.3) is 0 Å². The number of rotatable bonds is 4. The van der Waals surface area contributed by atoms with Crippen LogP contribution in [0, 0.1) is 5.82 Å². The highest BCUT2D eigenvalue weighted by atomic mass is 32.2. The van der Waals surface area contributed by atoms with E-state index in [0.29, 0.717) is 19.7 Å². The third-order valence-electron chi connectivity index (χ3n) is 3.89. The maximum atomic E-state index is 14.3. The van der Waals surface area contributed by atoms with Crippen molar-refractivity contribution in [1.29, 1.82) is 0 Å². The monoisotopic (exact) mass is 381 g/mol. The molecule has 8 nitrogen and oxygen atoms in total. The summed E-state index contributed by atoms with van der Waals surface area (Å²) in [5.41, 5.74) is -0.210. The number of benzene rings is 1. The Bertz CT molecular complexity index is 920. The normalized spacial score (nSPS) is 17.2. The van der Waals surface area contributed by atoms with Crippen molar-refractivity contribution in [2.75, 3.05) is 29.9 Å². The summed E-state index contributed by atoms with van der Waals surface area (Å²) in [4.78, 5) is 9.79. The lowest BCUT2D eigenvalue weighted by Crippen LogP contribution is -2.49. The van der Waals surface area contributed by atoms with E-state index >= 15 is 0 Å². The van der Waals surface area contributed by atoms with Gasteiger partial charge in [0.05, 0.1) is 24.1 Å². The maximum Gasteiger partial charge on any atom is 0.240 e. The maximum absolute atomic E-state index is 14.3. The molecule has 0 saturated carbocycles. The molecule has 26 heavy (non-hydrogen) atoms. The van der Waals surface area contributed by atoms with Crippen LogP contribution in [0.25, 0.3) is 0 Å². The van der Waals surface area contributed by atoms with Gasteiger partial charge >= 0.3 is 0 Å². The van der Waals surface area contributed by atoms with Crippen LogP contribution in [-0.4, -0.2) is 43.7 Å². The third kappa shape index (κ3) is 4.09. The van der Waals surface area contributed by atoms with E-state index in [9.17, 15) is 12.8 Å². The number of hydrogen-bond acceptors (Lipinski definition) is 7. The first kappa shape index (κ1) is 18.5. The minimum atomic E-state index is -3.93. The van der Waals surface area contributed by atoms with Crippen molar-refractivity contribution in [3.8, 4) is 0 Å². The third-order valence-corrected chi connectivity index (χ3v) is 4.86. The summed E-state index contributed by atoms with van der Waals surface area (Å²) in [7, 11) is -3.93. The molecule has 1 aromatic heterocycles. The summed E-state index contributed by atoms with van der Waals surface area (Å²) >= 11 is 0. The Kier molecular flexibility index (Phi) is 4.82. The Balaban J connectivity index is 1.92. The number of aromatic nitrogens is 2. The van der Waals surface area contributed by atoms with Gasteiger partial charge in [0.2, 0.25) is 16.0 Å². The Morgan fingerprint density at radius 1 is 1.35 bits per heavy atom. The summed E-state index contributed by atoms with van der Waals surface area (Å²) in [5, 5.41) is 8.02. The van der Waals surface area contributed by atoms with Gasteiger partial charge in [-0.1, -0.05) is 12.1 Å². The number of sulfonamides is 1. The molecular formula is C16H20FN5O3S. The molecule has 1 aromatic carbocycles. The number of morpholine rings is 1. The van der Waals surface area contributed by atoms with E-state index in [1.807, 2.05) is 13.8 Å². The average molecular weight is 381 g/mol. The highest BCUT2D eigenvalue weighted by Crippen LogP contribution is 2.26. The molecule has 1 aliphatic heterocycles. The first-order chi connectivity index (χ1) is 12.2. The Labute approximate surface area is 151 Å². The number of nitrogens with one attached hydrogen (secondary N) is 1. The Morgan fingerprint density at radius 3 is 2.77 bits per heavy atom. The van der Waals surface area contributed by atoms with E-state index in [4.69, 9.17) is 9.88 Å². The van der Waals surface area contributed by atoms with Crippen LogP contribution in [0.1, 0.15) is 13.8 Å². The lowest BCUT2D eigenvalue weighted by molar-refractivity contribution is -0.0280. The van der Waals surface area contributed by atoms with Gasteiger partial charge in [-0.15, -0.1) is 0 Å². The van der Waals surface area contributed by atoms with Crippen LogP contribution in [0.4, 0.5) is 21.8 Å². The first-order valence-corrected chi connectivity index (χ1v) is 9.51. The summed E-state index contributed by atoms with van der Waals surface area (Å²) in [5.74, 6) is -0.359. The van der Waals surface area contributed by atoms with Gasteiger partial charge in [-0.05, 0) is 26.0 Å². The number of nitrogens with two attached hydrogens (primary N) is 1. The van der Waals surface area contributed by atoms with E-state index < -0.39 is 21.4 Å². The zero-order valence-electron chi connectivity index (χ0n) is 14.4. The Hall–Kier alpha value is -2.30. The molecule has 0 aliphatic carbocycles. The van der Waals surface area contributed by atoms with Crippen molar-refractivity contribution in [2.24, 2.45) is 5.14 Å². The van der Waals surface area contributed by atoms with Crippen molar-refractivity contribution < 1.29 is 17.5 Å². The van der Waals surface area contributed by atoms with Crippen LogP contribution in [0.5, 0.6) is 0 Å². The molecule has 3 rings (SSSR count). The van der Waals surface area contributed by atoms with Crippen LogP contribution in [-0.2, 0) is 14.8 Å². The molecule has 0 spiro atoms. The quantitative estimate of drug-likeness (QED) is 0.828. The first-order valence-electron chi connectivity index (χ1n) is 7.96. The Morgan fingerprint density at radius 2 is 2.08 bits per heavy atom. The summed E-state index contributed by atoms with van der Waals surface area (Å²) in [6, 6.07) is 6.10. The van der Waals surface area contributed by atoms with Gasteiger partial charge in [0.15, 0.2) is 11.6 Å². The van der Waals surface area contributed by atoms with Crippen LogP contribution in [0.2, 0.25) is 0 Å². The SMILES string of the molecule is CC1(C)CN(c2nc(Nc3ccccc3S(N)(=O)=O)ncc2F)CCO1. The number of halogens is 1. The van der Waals surface area contributed by atoms with Crippen LogP contribution in [0.15, 0.2) is 35.4 Å². The number of ether oxygens (including phenoxy) is 1. The molecule has 1 saturated heterocycles. The van der Waals surface area contributed by atoms with Gasteiger partial charge in [-0.3, -0.25) is 0 Å². The van der Waals surface area contributed by atoms with Gasteiger partial charge in [0.1, 0.15) is 4.90 Å². The van der Waals surface area contributed by atoms with E-state index in [0.717, 1.165) is 6.20 Å². The zero-order valence-corrected chi connectivity index (χ0v) is 15.3. The lowest BCUT2D eigenvalue weighted by atomic mass is 10.1. The molecular weight excluding hydrogens is 361 g/mol. The fourth-order valence-electron chi connectivity index (χ4n) is 2.78. The van der Waals surface area contributed by atoms with Crippen LogP contribution in [0.3, 0.4) is 0 Å². The van der Waals surface area contributed by atoms with Crippen molar-refractivity contribution in [2.45, 2.75) is 24.3 Å². The van der Waals surface area contributed by atoms with Crippen molar-refractivity contribution >= 4 is 27.5 Å². The summed E-state index contributed by atoms with van der Waals surface area (Å²) in [6.45, 7) is 5.24. The predicted molar refractivity (Wildman–Crippen MR) is 95.3 cm³/mol. The molecule has 140 valence electrons. The summed E-state index contributed by atoms with van der Waals surface area (Å²) < 4.78 is 43.3. The minimum absolute atomic E-state index is 0.0711. The number of hydrogen-bond donors (Lipinski definition) is 2. The second-order valence-electron chi connectivity index (χ2n) is 6.56. The number of anilines is 3. The topological polar surface area (TPSA) is 110 Å². The molecule has 1 fully saturated rings. The standard InChI is InChI=1S/C16H20FN5O3S/c1-16(2)10-22(7-8-25-16)14-11(17)9-19-15(21-14)20-12-5-3-4-6-13(12)26(18,23)24/h3-6,9H,7-8,10H2,1-2H3,(H2,18,23,24)(H,19,20,21). The molecule has 0 amide bonds. The average Bonchev–Trinajstić information content (AvgIpc) is 2.55. The fraction of sp³-hybridized carbons (Fsp3) is 0.375. The molecule has 0 bridgehead atoms. The van der Waals surface area contributed by atoms with Gasteiger partial charge in [-0.2, -0.15) is 4.98 Å². The fourth-order valence-corrected chi connectivity index (χ4v) is 3.47. The van der Waals surface area contributed by atoms with E-state index in [-0.39, 0.29) is 22.3 Å². The molecule has 0 radical (unpaired) electrons.